The van der Waals surface area contributed by atoms with Gasteiger partial charge in [0.05, 0.1) is 0 Å². The van der Waals surface area contributed by atoms with E-state index in [-0.39, 0.29) is 28.8 Å². The molecule has 2 heterocycles. The van der Waals surface area contributed by atoms with Crippen molar-refractivity contribution >= 4 is 16.1 Å². The second-order valence-electron chi connectivity index (χ2n) is 6.14. The summed E-state index contributed by atoms with van der Waals surface area (Å²) in [6.45, 7) is 8.03. The molecule has 1 aliphatic heterocycles. The standard InChI is InChI=1S/C14H24N4O4S/c1-9(2)15-14(19)18-7-5-12(6-8-18)17-23(20,21)13-10(3)16-22-11(13)4/h9,12,17H,5-8H2,1-4H3,(H,15,19). The van der Waals surface area contributed by atoms with Gasteiger partial charge < -0.3 is 14.7 Å². The van der Waals surface area contributed by atoms with E-state index in [4.69, 9.17) is 4.52 Å². The van der Waals surface area contributed by atoms with Crippen LogP contribution in [0, 0.1) is 13.8 Å². The molecule has 1 saturated heterocycles. The Morgan fingerprint density at radius 2 is 1.91 bits per heavy atom. The number of hydrogen-bond acceptors (Lipinski definition) is 5. The zero-order valence-electron chi connectivity index (χ0n) is 13.9. The van der Waals surface area contributed by atoms with Gasteiger partial charge in [0.25, 0.3) is 0 Å². The first kappa shape index (κ1) is 17.7. The predicted molar refractivity (Wildman–Crippen MR) is 84.6 cm³/mol. The number of carbonyl (C=O) groups is 1. The molecule has 1 aliphatic rings. The largest absolute Gasteiger partial charge is 0.360 e. The highest BCUT2D eigenvalue weighted by Crippen LogP contribution is 2.21. The second-order valence-corrected chi connectivity index (χ2v) is 7.79. The van der Waals surface area contributed by atoms with Crippen LogP contribution in [0.25, 0.3) is 0 Å². The van der Waals surface area contributed by atoms with Gasteiger partial charge in [-0.15, -0.1) is 0 Å². The fourth-order valence-electron chi connectivity index (χ4n) is 2.68. The van der Waals surface area contributed by atoms with Crippen LogP contribution >= 0.6 is 0 Å². The van der Waals surface area contributed by atoms with Crippen LogP contribution in [0.1, 0.15) is 38.1 Å². The summed E-state index contributed by atoms with van der Waals surface area (Å²) in [5.41, 5.74) is 0.351. The van der Waals surface area contributed by atoms with E-state index in [9.17, 15) is 13.2 Å². The third-order valence-corrected chi connectivity index (χ3v) is 5.52. The van der Waals surface area contributed by atoms with Gasteiger partial charge in [0, 0.05) is 25.2 Å². The van der Waals surface area contributed by atoms with E-state index < -0.39 is 10.0 Å². The summed E-state index contributed by atoms with van der Waals surface area (Å²) < 4.78 is 32.5. The van der Waals surface area contributed by atoms with E-state index in [0.717, 1.165) is 0 Å². The van der Waals surface area contributed by atoms with E-state index in [2.05, 4.69) is 15.2 Å². The van der Waals surface area contributed by atoms with Gasteiger partial charge in [-0.1, -0.05) is 5.16 Å². The summed E-state index contributed by atoms with van der Waals surface area (Å²) in [6, 6.07) is -0.220. The maximum atomic E-state index is 12.5. The van der Waals surface area contributed by atoms with Crippen LogP contribution in [0.4, 0.5) is 4.79 Å². The first-order valence-electron chi connectivity index (χ1n) is 7.71. The molecule has 0 saturated carbocycles. The molecule has 0 radical (unpaired) electrons. The number of sulfonamides is 1. The van der Waals surface area contributed by atoms with Crippen LogP contribution in [0.15, 0.2) is 9.42 Å². The van der Waals surface area contributed by atoms with E-state index in [0.29, 0.717) is 31.6 Å². The number of aryl methyl sites for hydroxylation is 2. The van der Waals surface area contributed by atoms with Crippen LogP contribution in [-0.2, 0) is 10.0 Å². The summed E-state index contributed by atoms with van der Waals surface area (Å²) >= 11 is 0. The summed E-state index contributed by atoms with van der Waals surface area (Å²) in [4.78, 5) is 13.7. The Morgan fingerprint density at radius 1 is 1.30 bits per heavy atom. The Kier molecular flexibility index (Phi) is 5.30. The minimum Gasteiger partial charge on any atom is -0.360 e. The summed E-state index contributed by atoms with van der Waals surface area (Å²) in [5.74, 6) is 0.281. The van der Waals surface area contributed by atoms with E-state index in [1.165, 1.54) is 0 Å². The summed E-state index contributed by atoms with van der Waals surface area (Å²) in [5, 5.41) is 6.52. The minimum atomic E-state index is -3.66. The van der Waals surface area contributed by atoms with Crippen LogP contribution in [0.3, 0.4) is 0 Å². The molecule has 23 heavy (non-hydrogen) atoms. The zero-order chi connectivity index (χ0) is 17.2. The van der Waals surface area contributed by atoms with Crippen LogP contribution in [0.2, 0.25) is 0 Å². The van der Waals surface area contributed by atoms with Gasteiger partial charge in [0.15, 0.2) is 5.76 Å². The van der Waals surface area contributed by atoms with E-state index >= 15 is 0 Å². The van der Waals surface area contributed by atoms with Crippen molar-refractivity contribution in [1.29, 1.82) is 0 Å². The van der Waals surface area contributed by atoms with Gasteiger partial charge in [-0.05, 0) is 40.5 Å². The molecule has 9 heteroatoms. The van der Waals surface area contributed by atoms with Crippen molar-refractivity contribution in [2.45, 2.75) is 57.5 Å². The number of nitrogens with one attached hydrogen (secondary N) is 2. The Labute approximate surface area is 136 Å². The number of nitrogens with zero attached hydrogens (tertiary/aromatic N) is 2. The lowest BCUT2D eigenvalue weighted by Gasteiger charge is -2.32. The Hall–Kier alpha value is -1.61. The fourth-order valence-corrected chi connectivity index (χ4v) is 4.31. The van der Waals surface area contributed by atoms with Crippen LogP contribution in [0.5, 0.6) is 0 Å². The topological polar surface area (TPSA) is 105 Å². The molecule has 2 N–H and O–H groups in total. The number of urea groups is 1. The molecule has 0 aliphatic carbocycles. The maximum absolute atomic E-state index is 12.5. The molecule has 8 nitrogen and oxygen atoms in total. The fraction of sp³-hybridized carbons (Fsp3) is 0.714. The third kappa shape index (κ3) is 4.23. The van der Waals surface area contributed by atoms with Gasteiger partial charge in [-0.25, -0.2) is 17.9 Å². The van der Waals surface area contributed by atoms with E-state index in [1.807, 2.05) is 13.8 Å². The molecule has 0 unspecified atom stereocenters. The first-order valence-corrected chi connectivity index (χ1v) is 9.19. The lowest BCUT2D eigenvalue weighted by molar-refractivity contribution is 0.177. The van der Waals surface area contributed by atoms with Gasteiger partial charge in [0.1, 0.15) is 10.6 Å². The first-order chi connectivity index (χ1) is 10.7. The van der Waals surface area contributed by atoms with Crippen molar-refractivity contribution in [3.63, 3.8) is 0 Å². The highest BCUT2D eigenvalue weighted by molar-refractivity contribution is 7.89. The highest BCUT2D eigenvalue weighted by atomic mass is 32.2. The van der Waals surface area contributed by atoms with Crippen molar-refractivity contribution in [2.24, 2.45) is 0 Å². The molecule has 1 aromatic heterocycles. The molecule has 0 aromatic carbocycles. The number of likely N-dealkylation sites (tertiary alicyclic amines) is 1. The Balaban J connectivity index is 1.95. The highest BCUT2D eigenvalue weighted by Gasteiger charge is 2.30. The van der Waals surface area contributed by atoms with Crippen LogP contribution < -0.4 is 10.0 Å². The summed E-state index contributed by atoms with van der Waals surface area (Å²) in [6.07, 6.45) is 1.16. The van der Waals surface area contributed by atoms with Crippen molar-refractivity contribution in [1.82, 2.24) is 20.1 Å². The molecular weight excluding hydrogens is 320 g/mol. The van der Waals surface area contributed by atoms with Crippen molar-refractivity contribution in [2.75, 3.05) is 13.1 Å². The molecule has 130 valence electrons. The van der Waals surface area contributed by atoms with Gasteiger partial charge in [0.2, 0.25) is 10.0 Å². The van der Waals surface area contributed by atoms with Gasteiger partial charge in [-0.2, -0.15) is 0 Å². The molecule has 1 fully saturated rings. The summed E-state index contributed by atoms with van der Waals surface area (Å²) in [7, 11) is -3.66. The predicted octanol–water partition coefficient (Wildman–Crippen LogP) is 1.15. The van der Waals surface area contributed by atoms with Crippen molar-refractivity contribution in [3.05, 3.63) is 11.5 Å². The molecule has 1 aromatic rings. The normalized spacial score (nSPS) is 16.8. The van der Waals surface area contributed by atoms with E-state index in [1.54, 1.807) is 18.7 Å². The number of carbonyl (C=O) groups excluding carboxylic acids is 1. The SMILES string of the molecule is Cc1noc(C)c1S(=O)(=O)NC1CCN(C(=O)NC(C)C)CC1. The monoisotopic (exact) mass is 344 g/mol. The molecular formula is C14H24N4O4S. The number of aromatic nitrogens is 1. The number of amides is 2. The number of piperidine rings is 1. The third-order valence-electron chi connectivity index (χ3n) is 3.75. The number of rotatable bonds is 4. The number of hydrogen-bond donors (Lipinski definition) is 2. The van der Waals surface area contributed by atoms with Gasteiger partial charge in [-0.3, -0.25) is 0 Å². The maximum Gasteiger partial charge on any atom is 0.317 e. The second kappa shape index (κ2) is 6.88. The molecule has 2 rings (SSSR count). The Bertz CT molecular complexity index is 641. The average molecular weight is 344 g/mol. The van der Waals surface area contributed by atoms with Crippen molar-refractivity contribution < 1.29 is 17.7 Å². The quantitative estimate of drug-likeness (QED) is 0.852. The molecule has 0 bridgehead atoms. The van der Waals surface area contributed by atoms with Crippen molar-refractivity contribution in [3.8, 4) is 0 Å². The molecule has 0 spiro atoms. The van der Waals surface area contributed by atoms with Gasteiger partial charge >= 0.3 is 6.03 Å². The Morgan fingerprint density at radius 3 is 2.39 bits per heavy atom. The smallest absolute Gasteiger partial charge is 0.317 e. The minimum absolute atomic E-state index is 0.0817. The van der Waals surface area contributed by atoms with Crippen LogP contribution in [-0.4, -0.2) is 49.7 Å². The lowest BCUT2D eigenvalue weighted by Crippen LogP contribution is -2.50. The lowest BCUT2D eigenvalue weighted by atomic mass is 10.1. The zero-order valence-corrected chi connectivity index (χ0v) is 14.7. The average Bonchev–Trinajstić information content (AvgIpc) is 2.78. The molecule has 0 atom stereocenters. The molecule has 2 amide bonds.